The van der Waals surface area contributed by atoms with Crippen LogP contribution >= 0.6 is 0 Å². The molecule has 0 saturated carbocycles. The Morgan fingerprint density at radius 1 is 0.357 bits per heavy atom. The number of para-hydroxylation sites is 3. The molecule has 0 bridgehead atoms. The minimum Gasteiger partial charge on any atom is -0.310 e. The molecule has 0 aliphatic heterocycles. The monoisotopic (exact) mass is 713 g/mol. The molecule has 11 rings (SSSR count). The number of hydrogen-bond acceptors (Lipinski definition) is 2. The Hall–Kier alpha value is -7.49. The Kier molecular flexibility index (Phi) is 7.49. The molecule has 2 heterocycles. The van der Waals surface area contributed by atoms with Gasteiger partial charge >= 0.3 is 0 Å². The first-order valence-electron chi connectivity index (χ1n) is 19.1. The minimum atomic E-state index is 0.979. The highest BCUT2D eigenvalue weighted by molar-refractivity contribution is 6.29. The summed E-state index contributed by atoms with van der Waals surface area (Å²) in [5.74, 6) is 0. The molecular weight excluding hydrogens is 679 g/mol. The lowest BCUT2D eigenvalue weighted by Crippen LogP contribution is -2.10. The van der Waals surface area contributed by atoms with Gasteiger partial charge in [0.1, 0.15) is 0 Å². The van der Waals surface area contributed by atoms with Gasteiger partial charge in [-0.1, -0.05) is 152 Å². The van der Waals surface area contributed by atoms with Crippen molar-refractivity contribution < 1.29 is 0 Å². The molecule has 2 aromatic heterocycles. The third-order valence-corrected chi connectivity index (χ3v) is 11.2. The molecule has 262 valence electrons. The zero-order valence-electron chi connectivity index (χ0n) is 30.5. The first-order chi connectivity index (χ1) is 27.8. The van der Waals surface area contributed by atoms with E-state index in [2.05, 4.69) is 222 Å². The van der Waals surface area contributed by atoms with Crippen molar-refractivity contribution in [2.24, 2.45) is 0 Å². The van der Waals surface area contributed by atoms with Gasteiger partial charge in [-0.3, -0.25) is 0 Å². The van der Waals surface area contributed by atoms with E-state index in [9.17, 15) is 0 Å². The number of hydrogen-bond donors (Lipinski definition) is 0. The van der Waals surface area contributed by atoms with E-state index in [-0.39, 0.29) is 0 Å². The molecule has 0 aliphatic rings. The van der Waals surface area contributed by atoms with Gasteiger partial charge in [0.2, 0.25) is 0 Å². The maximum absolute atomic E-state index is 5.38. The molecular formula is C53H35N3. The number of fused-ring (bicyclic) bond motifs is 8. The third-order valence-electron chi connectivity index (χ3n) is 11.2. The number of nitrogens with zero attached hydrogens (tertiary/aromatic N) is 3. The lowest BCUT2D eigenvalue weighted by molar-refractivity contribution is 1.18. The molecule has 0 aliphatic carbocycles. The Morgan fingerprint density at radius 2 is 0.946 bits per heavy atom. The number of benzene rings is 9. The summed E-state index contributed by atoms with van der Waals surface area (Å²) in [6, 6.07) is 76.2. The zero-order valence-corrected chi connectivity index (χ0v) is 30.5. The zero-order chi connectivity index (χ0) is 37.0. The smallest absolute Gasteiger partial charge is 0.0788 e. The van der Waals surface area contributed by atoms with Crippen LogP contribution in [0.15, 0.2) is 212 Å². The fourth-order valence-electron chi connectivity index (χ4n) is 8.61. The molecule has 0 fully saturated rings. The first kappa shape index (κ1) is 32.0. The average molecular weight is 714 g/mol. The van der Waals surface area contributed by atoms with Gasteiger partial charge < -0.3 is 9.47 Å². The Morgan fingerprint density at radius 3 is 1.71 bits per heavy atom. The molecule has 0 amide bonds. The highest BCUT2D eigenvalue weighted by Gasteiger charge is 2.20. The van der Waals surface area contributed by atoms with Crippen molar-refractivity contribution in [3.8, 4) is 28.1 Å². The largest absolute Gasteiger partial charge is 0.310 e. The van der Waals surface area contributed by atoms with Gasteiger partial charge in [-0.15, -0.1) is 0 Å². The van der Waals surface area contributed by atoms with E-state index >= 15 is 0 Å². The van der Waals surface area contributed by atoms with Crippen LogP contribution in [0.25, 0.3) is 82.3 Å². The topological polar surface area (TPSA) is 21.1 Å². The van der Waals surface area contributed by atoms with E-state index in [1.807, 2.05) is 0 Å². The summed E-state index contributed by atoms with van der Waals surface area (Å²) in [7, 11) is 0. The van der Waals surface area contributed by atoms with Gasteiger partial charge in [-0.25, -0.2) is 4.98 Å². The molecule has 0 radical (unpaired) electrons. The standard InChI is InChI=1S/C53H35N3/c1-3-14-36(15-4-1)37-26-30-41(31-27-37)55(48-25-13-17-38-16-7-8-20-43(38)48)42-32-28-39(29-33-42)53-46-34-35-50-52(51(46)44-21-9-11-23-47(44)54-53)45-22-10-12-24-49(45)56(50)40-18-5-2-6-19-40/h1-35H. The Bertz CT molecular complexity index is 3210. The quantitative estimate of drug-likeness (QED) is 0.160. The van der Waals surface area contributed by atoms with Gasteiger partial charge in [0.25, 0.3) is 0 Å². The highest BCUT2D eigenvalue weighted by atomic mass is 15.1. The lowest BCUT2D eigenvalue weighted by Gasteiger charge is -2.27. The van der Waals surface area contributed by atoms with Gasteiger partial charge in [0.15, 0.2) is 0 Å². The maximum atomic E-state index is 5.38. The van der Waals surface area contributed by atoms with Crippen molar-refractivity contribution in [1.29, 1.82) is 0 Å². The predicted octanol–water partition coefficient (Wildman–Crippen LogP) is 14.4. The summed E-state index contributed by atoms with van der Waals surface area (Å²) < 4.78 is 2.39. The van der Waals surface area contributed by atoms with Crippen LogP contribution in [0.5, 0.6) is 0 Å². The molecule has 0 saturated heterocycles. The predicted molar refractivity (Wildman–Crippen MR) is 237 cm³/mol. The molecule has 3 nitrogen and oxygen atoms in total. The summed E-state index contributed by atoms with van der Waals surface area (Å²) >= 11 is 0. The second-order valence-corrected chi connectivity index (χ2v) is 14.3. The van der Waals surface area contributed by atoms with Crippen LogP contribution in [-0.2, 0) is 0 Å². The fraction of sp³-hybridized carbons (Fsp3) is 0. The van der Waals surface area contributed by atoms with Crippen molar-refractivity contribution in [3.05, 3.63) is 212 Å². The minimum absolute atomic E-state index is 0.979. The van der Waals surface area contributed by atoms with Crippen LogP contribution in [-0.4, -0.2) is 9.55 Å². The maximum Gasteiger partial charge on any atom is 0.0788 e. The van der Waals surface area contributed by atoms with Crippen LogP contribution in [0.2, 0.25) is 0 Å². The summed E-state index contributed by atoms with van der Waals surface area (Å²) in [5, 5.41) is 8.42. The van der Waals surface area contributed by atoms with Crippen LogP contribution in [0.3, 0.4) is 0 Å². The van der Waals surface area contributed by atoms with Gasteiger partial charge in [0, 0.05) is 54.9 Å². The van der Waals surface area contributed by atoms with E-state index in [0.29, 0.717) is 0 Å². The van der Waals surface area contributed by atoms with Gasteiger partial charge in [-0.05, 0) is 77.2 Å². The Balaban J connectivity index is 1.10. The number of pyridine rings is 1. The number of anilines is 3. The fourth-order valence-corrected chi connectivity index (χ4v) is 8.61. The van der Waals surface area contributed by atoms with E-state index in [1.54, 1.807) is 0 Å². The SMILES string of the molecule is c1ccc(-c2ccc(N(c3ccc(-c4nc5ccccc5c5c4ccc4c5c5ccccc5n4-c4ccccc4)cc3)c3cccc4ccccc34)cc2)cc1. The van der Waals surface area contributed by atoms with Crippen LogP contribution in [0, 0.1) is 0 Å². The summed E-state index contributed by atoms with van der Waals surface area (Å²) in [5.41, 5.74) is 12.3. The van der Waals surface area contributed by atoms with Crippen LogP contribution in [0.4, 0.5) is 17.1 Å². The van der Waals surface area contributed by atoms with Crippen molar-refractivity contribution in [2.75, 3.05) is 4.90 Å². The summed E-state index contributed by atoms with van der Waals surface area (Å²) in [4.78, 5) is 7.75. The highest BCUT2D eigenvalue weighted by Crippen LogP contribution is 2.44. The van der Waals surface area contributed by atoms with Crippen LogP contribution in [0.1, 0.15) is 0 Å². The van der Waals surface area contributed by atoms with E-state index in [4.69, 9.17) is 4.98 Å². The molecule has 56 heavy (non-hydrogen) atoms. The van der Waals surface area contributed by atoms with E-state index in [0.717, 1.165) is 50.3 Å². The summed E-state index contributed by atoms with van der Waals surface area (Å²) in [6.07, 6.45) is 0. The molecule has 0 N–H and O–H groups in total. The molecule has 0 spiro atoms. The van der Waals surface area contributed by atoms with Crippen molar-refractivity contribution in [2.45, 2.75) is 0 Å². The van der Waals surface area contributed by atoms with Gasteiger partial charge in [-0.2, -0.15) is 0 Å². The normalized spacial score (nSPS) is 11.6. The second kappa shape index (κ2) is 13.1. The first-order valence-corrected chi connectivity index (χ1v) is 19.1. The van der Waals surface area contributed by atoms with Crippen LogP contribution < -0.4 is 4.90 Å². The lowest BCUT2D eigenvalue weighted by atomic mass is 9.96. The van der Waals surface area contributed by atoms with Gasteiger partial charge in [0.05, 0.1) is 27.9 Å². The molecule has 0 atom stereocenters. The van der Waals surface area contributed by atoms with E-state index in [1.165, 1.54) is 49.1 Å². The number of rotatable bonds is 6. The molecule has 11 aromatic rings. The molecule has 9 aromatic carbocycles. The third kappa shape index (κ3) is 5.17. The molecule has 3 heteroatoms. The number of aromatic nitrogens is 2. The molecule has 0 unspecified atom stereocenters. The van der Waals surface area contributed by atoms with Crippen molar-refractivity contribution >= 4 is 71.3 Å². The van der Waals surface area contributed by atoms with E-state index < -0.39 is 0 Å². The van der Waals surface area contributed by atoms with Crippen molar-refractivity contribution in [1.82, 2.24) is 9.55 Å². The van der Waals surface area contributed by atoms with Crippen molar-refractivity contribution in [3.63, 3.8) is 0 Å². The Labute approximate surface area is 325 Å². The second-order valence-electron chi connectivity index (χ2n) is 14.3. The average Bonchev–Trinajstić information content (AvgIpc) is 3.62. The summed E-state index contributed by atoms with van der Waals surface area (Å²) in [6.45, 7) is 0.